The third kappa shape index (κ3) is 2.72. The molecule has 0 bridgehead atoms. The van der Waals surface area contributed by atoms with Gasteiger partial charge in [-0.15, -0.1) is 11.6 Å². The highest BCUT2D eigenvalue weighted by molar-refractivity contribution is 6.16. The maximum atomic E-state index is 11.0. The summed E-state index contributed by atoms with van der Waals surface area (Å²) in [5.74, 6) is 0.974. The van der Waals surface area contributed by atoms with Gasteiger partial charge < -0.3 is 9.63 Å². The Morgan fingerprint density at radius 2 is 1.90 bits per heavy atom. The van der Waals surface area contributed by atoms with Crippen molar-refractivity contribution in [1.82, 2.24) is 5.16 Å². The highest BCUT2D eigenvalue weighted by Gasteiger charge is 2.43. The predicted molar refractivity (Wildman–Crippen MR) is 82.2 cm³/mol. The van der Waals surface area contributed by atoms with E-state index in [1.165, 1.54) is 6.42 Å². The van der Waals surface area contributed by atoms with Crippen LogP contribution in [-0.4, -0.2) is 10.3 Å². The summed E-state index contributed by atoms with van der Waals surface area (Å²) in [5, 5.41) is 15.2. The minimum atomic E-state index is -0.563. The smallest absolute Gasteiger partial charge is 0.151 e. The molecule has 0 spiro atoms. The zero-order chi connectivity index (χ0) is 14.7. The summed E-state index contributed by atoms with van der Waals surface area (Å²) in [6.07, 6.45) is 4.71. The van der Waals surface area contributed by atoms with Crippen LogP contribution in [0.4, 0.5) is 0 Å². The van der Waals surface area contributed by atoms with Gasteiger partial charge in [0.25, 0.3) is 0 Å². The molecular formula is C17H20ClNO2. The Bertz CT molecular complexity index is 575. The van der Waals surface area contributed by atoms with Crippen LogP contribution >= 0.6 is 11.6 Å². The third-order valence-corrected chi connectivity index (χ3v) is 4.85. The number of hydrogen-bond donors (Lipinski definition) is 1. The molecule has 0 aliphatic heterocycles. The number of aliphatic hydroxyl groups excluding tert-OH is 1. The monoisotopic (exact) mass is 305 g/mol. The largest absolute Gasteiger partial charge is 0.387 e. The summed E-state index contributed by atoms with van der Waals surface area (Å²) in [5.41, 5.74) is 1.43. The molecule has 1 aromatic heterocycles. The van der Waals surface area contributed by atoms with Crippen molar-refractivity contribution in [3.8, 4) is 0 Å². The first-order chi connectivity index (χ1) is 10.3. The van der Waals surface area contributed by atoms with Gasteiger partial charge in [0.1, 0.15) is 0 Å². The standard InChI is InChI=1S/C17H20ClNO2/c18-12-14-11-15(19-21-14)17(9-5-2-6-10-17)16(20)13-7-3-1-4-8-13/h1,3-4,7-8,11,16,20H,2,5-6,9-10,12H2/t16-/m1/s1. The molecule has 1 aliphatic rings. The summed E-state index contributed by atoms with van der Waals surface area (Å²) in [4.78, 5) is 0. The molecule has 3 nitrogen and oxygen atoms in total. The lowest BCUT2D eigenvalue weighted by molar-refractivity contribution is 0.0480. The number of alkyl halides is 1. The normalized spacial score (nSPS) is 19.3. The van der Waals surface area contributed by atoms with Crippen LogP contribution in [0.5, 0.6) is 0 Å². The van der Waals surface area contributed by atoms with E-state index in [0.717, 1.165) is 36.9 Å². The minimum absolute atomic E-state index is 0.310. The van der Waals surface area contributed by atoms with E-state index in [4.69, 9.17) is 16.1 Å². The fraction of sp³-hybridized carbons (Fsp3) is 0.471. The van der Waals surface area contributed by atoms with Crippen LogP contribution in [0.1, 0.15) is 55.2 Å². The summed E-state index contributed by atoms with van der Waals surface area (Å²) in [6, 6.07) is 11.7. The fourth-order valence-electron chi connectivity index (χ4n) is 3.42. The molecule has 1 fully saturated rings. The van der Waals surface area contributed by atoms with E-state index in [9.17, 15) is 5.11 Å². The Morgan fingerprint density at radius 3 is 2.52 bits per heavy atom. The van der Waals surface area contributed by atoms with Gasteiger partial charge in [0, 0.05) is 11.5 Å². The van der Waals surface area contributed by atoms with E-state index < -0.39 is 6.10 Å². The number of aliphatic hydroxyl groups is 1. The zero-order valence-corrected chi connectivity index (χ0v) is 12.7. The second-order valence-electron chi connectivity index (χ2n) is 5.84. The Morgan fingerprint density at radius 1 is 1.19 bits per heavy atom. The molecule has 1 aliphatic carbocycles. The molecule has 0 radical (unpaired) electrons. The number of rotatable bonds is 4. The highest BCUT2D eigenvalue weighted by Crippen LogP contribution is 2.47. The predicted octanol–water partition coefficient (Wildman–Crippen LogP) is 4.35. The second kappa shape index (κ2) is 6.20. The van der Waals surface area contributed by atoms with E-state index in [1.54, 1.807) is 0 Å². The van der Waals surface area contributed by atoms with Crippen LogP contribution in [0.25, 0.3) is 0 Å². The van der Waals surface area contributed by atoms with E-state index in [1.807, 2.05) is 36.4 Å². The van der Waals surface area contributed by atoms with Crippen molar-refractivity contribution in [3.05, 3.63) is 53.4 Å². The van der Waals surface area contributed by atoms with Crippen molar-refractivity contribution in [3.63, 3.8) is 0 Å². The first-order valence-electron chi connectivity index (χ1n) is 7.51. The molecule has 0 saturated heterocycles. The van der Waals surface area contributed by atoms with E-state index in [-0.39, 0.29) is 5.41 Å². The molecule has 3 rings (SSSR count). The van der Waals surface area contributed by atoms with E-state index in [0.29, 0.717) is 11.6 Å². The molecule has 0 unspecified atom stereocenters. The number of benzene rings is 1. The van der Waals surface area contributed by atoms with Crippen LogP contribution in [0, 0.1) is 0 Å². The Balaban J connectivity index is 2.00. The summed E-state index contributed by atoms with van der Waals surface area (Å²) < 4.78 is 5.29. The number of halogens is 1. The Labute approximate surface area is 129 Å². The molecule has 21 heavy (non-hydrogen) atoms. The average Bonchev–Trinajstić information content (AvgIpc) is 3.05. The molecule has 0 amide bonds. The molecule has 4 heteroatoms. The van der Waals surface area contributed by atoms with Crippen LogP contribution in [0.2, 0.25) is 0 Å². The molecule has 2 aromatic rings. The number of nitrogens with zero attached hydrogens (tertiary/aromatic N) is 1. The van der Waals surface area contributed by atoms with E-state index in [2.05, 4.69) is 5.16 Å². The van der Waals surface area contributed by atoms with Gasteiger partial charge in [-0.25, -0.2) is 0 Å². The highest BCUT2D eigenvalue weighted by atomic mass is 35.5. The van der Waals surface area contributed by atoms with Gasteiger partial charge in [-0.05, 0) is 18.4 Å². The van der Waals surface area contributed by atoms with Gasteiger partial charge in [-0.3, -0.25) is 0 Å². The second-order valence-corrected chi connectivity index (χ2v) is 6.11. The van der Waals surface area contributed by atoms with Crippen LogP contribution in [0.15, 0.2) is 40.9 Å². The molecule has 1 heterocycles. The van der Waals surface area contributed by atoms with Crippen LogP contribution in [0.3, 0.4) is 0 Å². The fourth-order valence-corrected chi connectivity index (χ4v) is 3.54. The van der Waals surface area contributed by atoms with Gasteiger partial charge in [0.05, 0.1) is 17.7 Å². The number of aromatic nitrogens is 1. The quantitative estimate of drug-likeness (QED) is 0.854. The number of hydrogen-bond acceptors (Lipinski definition) is 3. The van der Waals surface area contributed by atoms with Gasteiger partial charge in [0.2, 0.25) is 0 Å². The van der Waals surface area contributed by atoms with Crippen molar-refractivity contribution in [1.29, 1.82) is 0 Å². The average molecular weight is 306 g/mol. The molecule has 112 valence electrons. The maximum absolute atomic E-state index is 11.0. The first kappa shape index (κ1) is 14.6. The minimum Gasteiger partial charge on any atom is -0.387 e. The van der Waals surface area contributed by atoms with E-state index >= 15 is 0 Å². The molecule has 1 saturated carbocycles. The van der Waals surface area contributed by atoms with Crippen molar-refractivity contribution < 1.29 is 9.63 Å². The van der Waals surface area contributed by atoms with Gasteiger partial charge in [0.15, 0.2) is 5.76 Å². The van der Waals surface area contributed by atoms with Crippen molar-refractivity contribution in [2.75, 3.05) is 0 Å². The Hall–Kier alpha value is -1.32. The maximum Gasteiger partial charge on any atom is 0.151 e. The lowest BCUT2D eigenvalue weighted by atomic mass is 9.66. The molecular weight excluding hydrogens is 286 g/mol. The lowest BCUT2D eigenvalue weighted by Crippen LogP contribution is -2.36. The zero-order valence-electron chi connectivity index (χ0n) is 12.0. The van der Waals surface area contributed by atoms with Gasteiger partial charge >= 0.3 is 0 Å². The molecule has 1 N–H and O–H groups in total. The first-order valence-corrected chi connectivity index (χ1v) is 8.05. The van der Waals surface area contributed by atoms with Crippen LogP contribution in [-0.2, 0) is 11.3 Å². The van der Waals surface area contributed by atoms with Crippen LogP contribution < -0.4 is 0 Å². The topological polar surface area (TPSA) is 46.3 Å². The summed E-state index contributed by atoms with van der Waals surface area (Å²) >= 11 is 5.82. The third-order valence-electron chi connectivity index (χ3n) is 4.59. The Kier molecular flexibility index (Phi) is 4.32. The summed E-state index contributed by atoms with van der Waals surface area (Å²) in [7, 11) is 0. The van der Waals surface area contributed by atoms with Crippen molar-refractivity contribution in [2.24, 2.45) is 0 Å². The van der Waals surface area contributed by atoms with Crippen molar-refractivity contribution >= 4 is 11.6 Å². The SMILES string of the molecule is O[C@H](c1ccccc1)C1(c2cc(CCl)on2)CCCCC1. The molecule has 1 aromatic carbocycles. The van der Waals surface area contributed by atoms with Crippen molar-refractivity contribution in [2.45, 2.75) is 49.5 Å². The van der Waals surface area contributed by atoms with Gasteiger partial charge in [-0.1, -0.05) is 54.8 Å². The van der Waals surface area contributed by atoms with Gasteiger partial charge in [-0.2, -0.15) is 0 Å². The lowest BCUT2D eigenvalue weighted by Gasteiger charge is -2.39. The summed E-state index contributed by atoms with van der Waals surface area (Å²) in [6.45, 7) is 0. The molecule has 1 atom stereocenters.